The van der Waals surface area contributed by atoms with Gasteiger partial charge in [0.05, 0.1) is 6.42 Å². The molecule has 6 nitrogen and oxygen atoms in total. The van der Waals surface area contributed by atoms with Crippen molar-refractivity contribution in [3.8, 4) is 0 Å². The summed E-state index contributed by atoms with van der Waals surface area (Å²) in [4.78, 5) is 50.5. The highest BCUT2D eigenvalue weighted by molar-refractivity contribution is 6.32. The number of ketones is 2. The lowest BCUT2D eigenvalue weighted by Gasteiger charge is -2.22. The van der Waals surface area contributed by atoms with Gasteiger partial charge in [-0.3, -0.25) is 19.2 Å². The van der Waals surface area contributed by atoms with E-state index in [0.717, 1.165) is 0 Å². The lowest BCUT2D eigenvalue weighted by molar-refractivity contribution is -0.136. The maximum Gasteiger partial charge on any atom is 0.305 e. The molecule has 0 aromatic heterocycles. The van der Waals surface area contributed by atoms with E-state index in [2.05, 4.69) is 17.4 Å². The predicted molar refractivity (Wildman–Crippen MR) is 168 cm³/mol. The van der Waals surface area contributed by atoms with Gasteiger partial charge in [-0.25, -0.2) is 0 Å². The molecule has 43 heavy (non-hydrogen) atoms. The minimum Gasteiger partial charge on any atom is -0.481 e. The van der Waals surface area contributed by atoms with Gasteiger partial charge in [-0.1, -0.05) is 92.8 Å². The van der Waals surface area contributed by atoms with E-state index < -0.39 is 11.9 Å². The van der Waals surface area contributed by atoms with E-state index in [1.807, 2.05) is 36.4 Å². The number of carbonyl (C=O) groups is 4. The first-order chi connectivity index (χ1) is 20.9. The van der Waals surface area contributed by atoms with Crippen LogP contribution in [-0.2, 0) is 4.79 Å². The van der Waals surface area contributed by atoms with Crippen LogP contribution in [0.25, 0.3) is 5.57 Å². The molecule has 0 saturated heterocycles. The number of Topliss-reactive ketones (excluding diaryl/α,β-unsaturated/α-hetero) is 1. The number of nitrogens with one attached hydrogen (secondary N) is 1. The molecule has 1 amide bonds. The Labute approximate surface area is 253 Å². The summed E-state index contributed by atoms with van der Waals surface area (Å²) in [6.45, 7) is 0.0162. The first-order valence-electron chi connectivity index (χ1n) is 15.5. The molecule has 222 valence electrons. The Morgan fingerprint density at radius 2 is 1.09 bits per heavy atom. The fraction of sp³-hybridized carbons (Fsp3) is 0.351. The molecule has 2 aliphatic carbocycles. The van der Waals surface area contributed by atoms with E-state index >= 15 is 0 Å². The summed E-state index contributed by atoms with van der Waals surface area (Å²) in [6.07, 6.45) is 12.2. The van der Waals surface area contributed by atoms with Gasteiger partial charge in [-0.2, -0.15) is 0 Å². The number of hydrogen-bond acceptors (Lipinski definition) is 4. The minimum absolute atomic E-state index is 0.0162. The number of benzene rings is 3. The van der Waals surface area contributed by atoms with Gasteiger partial charge < -0.3 is 10.4 Å². The fourth-order valence-electron chi connectivity index (χ4n) is 6.36. The van der Waals surface area contributed by atoms with Crippen LogP contribution in [0.1, 0.15) is 124 Å². The normalized spacial score (nSPS) is 16.1. The average molecular weight is 578 g/mol. The molecule has 3 aromatic carbocycles. The third-order valence-electron chi connectivity index (χ3n) is 8.87. The molecule has 0 aliphatic heterocycles. The number of rotatable bonds is 11. The second kappa shape index (κ2) is 14.2. The van der Waals surface area contributed by atoms with E-state index in [0.29, 0.717) is 39.7 Å². The van der Waals surface area contributed by atoms with Crippen LogP contribution in [-0.4, -0.2) is 35.1 Å². The second-order valence-electron chi connectivity index (χ2n) is 11.8. The molecule has 0 spiro atoms. The van der Waals surface area contributed by atoms with Crippen LogP contribution in [0.3, 0.4) is 0 Å². The van der Waals surface area contributed by atoms with E-state index in [9.17, 15) is 19.2 Å². The molecule has 2 saturated carbocycles. The Balaban J connectivity index is 1.40. The van der Waals surface area contributed by atoms with Crippen LogP contribution in [0.2, 0.25) is 0 Å². The van der Waals surface area contributed by atoms with Crippen molar-refractivity contribution in [3.05, 3.63) is 112 Å². The highest BCUT2D eigenvalue weighted by Crippen LogP contribution is 2.35. The summed E-state index contributed by atoms with van der Waals surface area (Å²) < 4.78 is 0. The first-order valence-corrected chi connectivity index (χ1v) is 15.5. The molecule has 2 N–H and O–H groups in total. The number of hydrogen-bond donors (Lipinski definition) is 2. The highest BCUT2D eigenvalue weighted by atomic mass is 16.4. The van der Waals surface area contributed by atoms with Gasteiger partial charge in [-0.15, -0.1) is 0 Å². The smallest absolute Gasteiger partial charge is 0.305 e. The number of carbonyl (C=O) groups excluding carboxylic acids is 3. The van der Waals surface area contributed by atoms with Crippen molar-refractivity contribution in [2.75, 3.05) is 6.54 Å². The highest BCUT2D eigenvalue weighted by Gasteiger charge is 2.21. The van der Waals surface area contributed by atoms with Crippen molar-refractivity contribution < 1.29 is 24.3 Å². The zero-order chi connectivity index (χ0) is 30.2. The van der Waals surface area contributed by atoms with Crippen molar-refractivity contribution in [3.63, 3.8) is 0 Å². The molecule has 5 rings (SSSR count). The van der Waals surface area contributed by atoms with Crippen molar-refractivity contribution in [2.24, 2.45) is 0 Å². The van der Waals surface area contributed by atoms with E-state index in [1.165, 1.54) is 87.1 Å². The summed E-state index contributed by atoms with van der Waals surface area (Å²) in [5.74, 6) is -0.856. The zero-order valence-corrected chi connectivity index (χ0v) is 24.5. The van der Waals surface area contributed by atoms with E-state index in [4.69, 9.17) is 5.11 Å². The Hall–Kier alpha value is -4.32. The van der Waals surface area contributed by atoms with Crippen LogP contribution >= 0.6 is 0 Å². The van der Waals surface area contributed by atoms with Crippen LogP contribution in [0.15, 0.2) is 78.9 Å². The Bertz CT molecular complexity index is 1470. The minimum atomic E-state index is -0.994. The van der Waals surface area contributed by atoms with Crippen LogP contribution in [0, 0.1) is 0 Å². The standard InChI is InChI=1S/C37H39NO5/c39-34(30-16-12-28(13-17-30)26-8-4-5-9-26)24-33(29-14-10-27(11-15-29)25-6-2-1-3-7-25)36(42)31-18-20-32(21-19-31)37(43)38-23-22-35(40)41/h10-21,24-26H,1-9,22-23H2,(H,38,43)(H,40,41)/b33-24-. The fourth-order valence-corrected chi connectivity index (χ4v) is 6.36. The lowest BCUT2D eigenvalue weighted by Crippen LogP contribution is -2.26. The maximum atomic E-state index is 13.9. The predicted octanol–water partition coefficient (Wildman–Crippen LogP) is 7.75. The van der Waals surface area contributed by atoms with Crippen molar-refractivity contribution >= 4 is 29.0 Å². The third-order valence-corrected chi connectivity index (χ3v) is 8.87. The van der Waals surface area contributed by atoms with Gasteiger partial charge in [0.2, 0.25) is 0 Å². The number of allylic oxidation sites excluding steroid dienone is 2. The molecule has 0 atom stereocenters. The summed E-state index contributed by atoms with van der Waals surface area (Å²) in [5, 5.41) is 11.4. The molecular weight excluding hydrogens is 538 g/mol. The largest absolute Gasteiger partial charge is 0.481 e. The number of carboxylic acids is 1. The molecule has 2 aliphatic rings. The monoisotopic (exact) mass is 577 g/mol. The van der Waals surface area contributed by atoms with Gasteiger partial charge in [0, 0.05) is 28.8 Å². The van der Waals surface area contributed by atoms with Crippen LogP contribution in [0.4, 0.5) is 0 Å². The first kappa shape index (κ1) is 30.1. The van der Waals surface area contributed by atoms with Crippen molar-refractivity contribution in [1.82, 2.24) is 5.32 Å². The molecule has 0 heterocycles. The number of carboxylic acid groups (broad SMARTS) is 1. The van der Waals surface area contributed by atoms with Crippen LogP contribution < -0.4 is 5.32 Å². The molecule has 0 radical (unpaired) electrons. The Morgan fingerprint density at radius 1 is 0.628 bits per heavy atom. The summed E-state index contributed by atoms with van der Waals surface area (Å²) >= 11 is 0. The van der Waals surface area contributed by atoms with Gasteiger partial charge in [0.1, 0.15) is 0 Å². The molecular formula is C37H39NO5. The van der Waals surface area contributed by atoms with E-state index in [-0.39, 0.29) is 24.5 Å². The topological polar surface area (TPSA) is 101 Å². The van der Waals surface area contributed by atoms with E-state index in [1.54, 1.807) is 12.1 Å². The second-order valence-corrected chi connectivity index (χ2v) is 11.8. The molecule has 3 aromatic rings. The SMILES string of the molecule is O=C(O)CCNC(=O)c1ccc(C(=O)/C(=C\C(=O)c2ccc(C3CCCC3)cc2)c2ccc(C3CCCCC3)cc2)cc1. The van der Waals surface area contributed by atoms with Crippen molar-refractivity contribution in [1.29, 1.82) is 0 Å². The summed E-state index contributed by atoms with van der Waals surface area (Å²) in [5.41, 5.74) is 4.73. The maximum absolute atomic E-state index is 13.9. The van der Waals surface area contributed by atoms with Crippen molar-refractivity contribution in [2.45, 2.75) is 76.0 Å². The van der Waals surface area contributed by atoms with Gasteiger partial charge >= 0.3 is 5.97 Å². The Morgan fingerprint density at radius 3 is 1.63 bits per heavy atom. The van der Waals surface area contributed by atoms with Gasteiger partial charge in [0.25, 0.3) is 5.91 Å². The molecule has 0 unspecified atom stereocenters. The third kappa shape index (κ3) is 7.75. The molecule has 0 bridgehead atoms. The van der Waals surface area contributed by atoms with Gasteiger partial charge in [0.15, 0.2) is 11.6 Å². The Kier molecular flexibility index (Phi) is 9.98. The van der Waals surface area contributed by atoms with Gasteiger partial charge in [-0.05, 0) is 72.4 Å². The number of amides is 1. The molecule has 6 heteroatoms. The lowest BCUT2D eigenvalue weighted by atomic mass is 9.83. The number of aliphatic carboxylic acids is 1. The quantitative estimate of drug-likeness (QED) is 0.179. The summed E-state index contributed by atoms with van der Waals surface area (Å²) in [6, 6.07) is 22.1. The van der Waals surface area contributed by atoms with Crippen LogP contribution in [0.5, 0.6) is 0 Å². The summed E-state index contributed by atoms with van der Waals surface area (Å²) in [7, 11) is 0. The zero-order valence-electron chi connectivity index (χ0n) is 24.5. The average Bonchev–Trinajstić information content (AvgIpc) is 3.59. The molecule has 2 fully saturated rings.